The fourth-order valence-corrected chi connectivity index (χ4v) is 3.66. The first-order valence-corrected chi connectivity index (χ1v) is 9.39. The average molecular weight is 402 g/mol. The lowest BCUT2D eigenvalue weighted by Gasteiger charge is -2.03. The Kier molecular flexibility index (Phi) is 4.63. The van der Waals surface area contributed by atoms with Crippen LogP contribution in [-0.4, -0.2) is 14.8 Å². The Morgan fingerprint density at radius 1 is 1.04 bits per heavy atom. The topological polar surface area (TPSA) is 70.7 Å². The quantitative estimate of drug-likeness (QED) is 0.506. The Balaban J connectivity index is 1.69. The average Bonchev–Trinajstić information content (AvgIpc) is 2.99. The van der Waals surface area contributed by atoms with Gasteiger partial charge in [-0.1, -0.05) is 11.6 Å². The third kappa shape index (κ3) is 3.56. The molecular formula is C19H13ClFN3O2S. The Morgan fingerprint density at radius 2 is 1.74 bits per heavy atom. The van der Waals surface area contributed by atoms with Gasteiger partial charge in [-0.25, -0.2) is 9.07 Å². The van der Waals surface area contributed by atoms with E-state index in [0.29, 0.717) is 27.8 Å². The van der Waals surface area contributed by atoms with Crippen LogP contribution in [0.5, 0.6) is 0 Å². The number of rotatable bonds is 4. The first-order valence-electron chi connectivity index (χ1n) is 8.02. The first-order chi connectivity index (χ1) is 13.0. The van der Waals surface area contributed by atoms with Gasteiger partial charge in [0, 0.05) is 27.4 Å². The predicted molar refractivity (Wildman–Crippen MR) is 105 cm³/mol. The normalized spacial score (nSPS) is 11.2. The smallest absolute Gasteiger partial charge is 0.284 e. The highest BCUT2D eigenvalue weighted by Gasteiger charge is 2.13. The van der Waals surface area contributed by atoms with Crippen molar-refractivity contribution in [2.75, 3.05) is 0 Å². The van der Waals surface area contributed by atoms with E-state index in [4.69, 9.17) is 11.6 Å². The molecule has 0 aliphatic rings. The number of hydrogen-bond acceptors (Lipinski definition) is 3. The van der Waals surface area contributed by atoms with Gasteiger partial charge in [-0.2, -0.15) is 0 Å². The fourth-order valence-electron chi connectivity index (χ4n) is 2.72. The number of nitrogens with one attached hydrogen (secondary N) is 2. The van der Waals surface area contributed by atoms with Gasteiger partial charge >= 0.3 is 0 Å². The van der Waals surface area contributed by atoms with Gasteiger partial charge in [0.25, 0.3) is 5.56 Å². The van der Waals surface area contributed by atoms with Crippen LogP contribution in [0.25, 0.3) is 16.7 Å². The SMILES string of the molecule is O=c1cc(CSc2ccc(Cl)cc2)[nH]c2[nH]n(-c3ccc(F)cc3)c(=O)c12. The van der Waals surface area contributed by atoms with E-state index >= 15 is 0 Å². The molecule has 0 spiro atoms. The molecule has 0 aliphatic heterocycles. The first kappa shape index (κ1) is 17.6. The van der Waals surface area contributed by atoms with Crippen molar-refractivity contribution >= 4 is 34.4 Å². The van der Waals surface area contributed by atoms with Gasteiger partial charge in [-0.3, -0.25) is 14.7 Å². The van der Waals surface area contributed by atoms with E-state index in [1.54, 1.807) is 12.1 Å². The molecule has 4 aromatic rings. The Bertz CT molecular complexity index is 1230. The monoisotopic (exact) mass is 401 g/mol. The molecule has 0 saturated carbocycles. The van der Waals surface area contributed by atoms with Crippen molar-refractivity contribution in [2.45, 2.75) is 10.6 Å². The maximum Gasteiger partial charge on any atom is 0.284 e. The number of H-pyrrole nitrogens is 2. The number of hydrogen-bond donors (Lipinski definition) is 2. The molecule has 0 fully saturated rings. The molecule has 0 atom stereocenters. The minimum atomic E-state index is -0.477. The summed E-state index contributed by atoms with van der Waals surface area (Å²) in [6.07, 6.45) is 0. The number of halogens is 2. The highest BCUT2D eigenvalue weighted by atomic mass is 35.5. The Hall–Kier alpha value is -2.77. The van der Waals surface area contributed by atoms with Gasteiger partial charge in [0.15, 0.2) is 5.43 Å². The van der Waals surface area contributed by atoms with Crippen LogP contribution in [0.4, 0.5) is 4.39 Å². The zero-order valence-electron chi connectivity index (χ0n) is 13.8. The summed E-state index contributed by atoms with van der Waals surface area (Å²) in [5, 5.41) is 3.59. The summed E-state index contributed by atoms with van der Waals surface area (Å²) in [6.45, 7) is 0. The van der Waals surface area contributed by atoms with Crippen LogP contribution in [0, 0.1) is 5.82 Å². The molecule has 2 aromatic heterocycles. The van der Waals surface area contributed by atoms with E-state index in [9.17, 15) is 14.0 Å². The lowest BCUT2D eigenvalue weighted by atomic mass is 10.3. The van der Waals surface area contributed by atoms with Gasteiger partial charge in [0.1, 0.15) is 16.9 Å². The van der Waals surface area contributed by atoms with Gasteiger partial charge in [0.2, 0.25) is 0 Å². The van der Waals surface area contributed by atoms with Crippen molar-refractivity contribution < 1.29 is 4.39 Å². The molecule has 0 bridgehead atoms. The summed E-state index contributed by atoms with van der Waals surface area (Å²) in [5.74, 6) is 0.122. The van der Waals surface area contributed by atoms with Crippen molar-refractivity contribution in [3.8, 4) is 5.69 Å². The number of aromatic amines is 2. The third-order valence-corrected chi connectivity index (χ3v) is 5.33. The fraction of sp³-hybridized carbons (Fsp3) is 0.0526. The zero-order valence-corrected chi connectivity index (χ0v) is 15.4. The van der Waals surface area contributed by atoms with Crippen LogP contribution in [0.15, 0.2) is 69.1 Å². The summed E-state index contributed by atoms with van der Waals surface area (Å²) in [7, 11) is 0. The van der Waals surface area contributed by atoms with Crippen LogP contribution in [-0.2, 0) is 5.75 Å². The molecule has 0 aliphatic carbocycles. The third-order valence-electron chi connectivity index (χ3n) is 4.02. The Labute approximate surface area is 161 Å². The molecule has 4 rings (SSSR count). The summed E-state index contributed by atoms with van der Waals surface area (Å²) >= 11 is 7.42. The number of aromatic nitrogens is 3. The lowest BCUT2D eigenvalue weighted by molar-refractivity contribution is 0.627. The zero-order chi connectivity index (χ0) is 19.0. The number of thioether (sulfide) groups is 1. The highest BCUT2D eigenvalue weighted by Crippen LogP contribution is 2.23. The molecule has 0 saturated heterocycles. The van der Waals surface area contributed by atoms with Gasteiger partial charge < -0.3 is 4.98 Å². The molecular weight excluding hydrogens is 389 g/mol. The summed E-state index contributed by atoms with van der Waals surface area (Å²) in [5.41, 5.74) is 0.623. The van der Waals surface area contributed by atoms with Crippen LogP contribution >= 0.6 is 23.4 Å². The van der Waals surface area contributed by atoms with Crippen molar-refractivity contribution in [1.29, 1.82) is 0 Å². The molecule has 0 radical (unpaired) electrons. The van der Waals surface area contributed by atoms with Crippen molar-refractivity contribution in [2.24, 2.45) is 0 Å². The molecule has 0 unspecified atom stereocenters. The molecule has 5 nitrogen and oxygen atoms in total. The molecule has 136 valence electrons. The summed E-state index contributed by atoms with van der Waals surface area (Å²) in [6, 6.07) is 14.3. The molecule has 27 heavy (non-hydrogen) atoms. The van der Waals surface area contributed by atoms with Crippen LogP contribution in [0.3, 0.4) is 0 Å². The van der Waals surface area contributed by atoms with Crippen LogP contribution < -0.4 is 11.0 Å². The van der Waals surface area contributed by atoms with Gasteiger partial charge in [-0.05, 0) is 48.5 Å². The lowest BCUT2D eigenvalue weighted by Crippen LogP contribution is -2.18. The minimum Gasteiger partial charge on any atom is -0.343 e. The van der Waals surface area contributed by atoms with Crippen LogP contribution in [0.2, 0.25) is 5.02 Å². The highest BCUT2D eigenvalue weighted by molar-refractivity contribution is 7.98. The predicted octanol–water partition coefficient (Wildman–Crippen LogP) is 4.09. The second kappa shape index (κ2) is 7.09. The van der Waals surface area contributed by atoms with Gasteiger partial charge in [-0.15, -0.1) is 11.8 Å². The summed E-state index contributed by atoms with van der Waals surface area (Å²) < 4.78 is 14.3. The van der Waals surface area contributed by atoms with Crippen LogP contribution in [0.1, 0.15) is 5.69 Å². The maximum atomic E-state index is 13.1. The second-order valence-corrected chi connectivity index (χ2v) is 7.37. The van der Waals surface area contributed by atoms with E-state index in [-0.39, 0.29) is 10.8 Å². The Morgan fingerprint density at radius 3 is 2.44 bits per heavy atom. The number of nitrogens with zero attached hydrogens (tertiary/aromatic N) is 1. The number of benzene rings is 2. The molecule has 2 N–H and O–H groups in total. The minimum absolute atomic E-state index is 0.0413. The maximum absolute atomic E-state index is 13.1. The van der Waals surface area contributed by atoms with E-state index in [1.807, 2.05) is 12.1 Å². The molecule has 2 heterocycles. The molecule has 8 heteroatoms. The van der Waals surface area contributed by atoms with Crippen molar-refractivity contribution in [3.63, 3.8) is 0 Å². The van der Waals surface area contributed by atoms with Gasteiger partial charge in [0.05, 0.1) is 5.69 Å². The molecule has 0 amide bonds. The second-order valence-electron chi connectivity index (χ2n) is 5.88. The summed E-state index contributed by atoms with van der Waals surface area (Å²) in [4.78, 5) is 29.1. The number of fused-ring (bicyclic) bond motifs is 1. The molecule has 2 aromatic carbocycles. The largest absolute Gasteiger partial charge is 0.343 e. The van der Waals surface area contributed by atoms with Crippen molar-refractivity contribution in [3.05, 3.63) is 91.7 Å². The van der Waals surface area contributed by atoms with E-state index in [1.165, 1.54) is 46.8 Å². The van der Waals surface area contributed by atoms with E-state index in [0.717, 1.165) is 4.90 Å². The van der Waals surface area contributed by atoms with Crippen molar-refractivity contribution in [1.82, 2.24) is 14.8 Å². The van der Waals surface area contributed by atoms with E-state index in [2.05, 4.69) is 10.1 Å². The van der Waals surface area contributed by atoms with E-state index < -0.39 is 11.4 Å². The standard InChI is InChI=1S/C19H13ClFN3O2S/c20-11-1-7-15(8-2-11)27-10-13-9-16(25)17-18(22-13)23-24(19(17)26)14-5-3-12(21)4-6-14/h1-9H,10H2,(H2,22,23,25). The number of pyridine rings is 1.